The van der Waals surface area contributed by atoms with Crippen molar-refractivity contribution in [1.82, 2.24) is 4.90 Å². The number of carboxylic acid groups (broad SMARTS) is 1. The van der Waals surface area contributed by atoms with Crippen LogP contribution in [-0.4, -0.2) is 35.0 Å². The monoisotopic (exact) mass is 339 g/mol. The van der Waals surface area contributed by atoms with Crippen LogP contribution in [0.15, 0.2) is 11.4 Å². The van der Waals surface area contributed by atoms with Gasteiger partial charge in [-0.1, -0.05) is 0 Å². The Morgan fingerprint density at radius 3 is 2.67 bits per heavy atom. The van der Waals surface area contributed by atoms with Crippen LogP contribution in [0.4, 0.5) is 0 Å². The predicted octanol–water partition coefficient (Wildman–Crippen LogP) is 1.90. The standard InChI is InChI=1S/C9H10INO3S/c1-2-11(4-8(12)13)9(14)6-3-7(10)15-5-6/h3,5H,2,4H2,1H3,(H,12,13). The molecule has 0 aliphatic rings. The van der Waals surface area contributed by atoms with Crippen LogP contribution in [0.1, 0.15) is 17.3 Å². The van der Waals surface area contributed by atoms with Gasteiger partial charge in [-0.15, -0.1) is 11.3 Å². The topological polar surface area (TPSA) is 57.6 Å². The van der Waals surface area contributed by atoms with Crippen molar-refractivity contribution >= 4 is 45.8 Å². The molecule has 15 heavy (non-hydrogen) atoms. The second-order valence-corrected chi connectivity index (χ2v) is 5.66. The van der Waals surface area contributed by atoms with Gasteiger partial charge in [0.25, 0.3) is 5.91 Å². The highest BCUT2D eigenvalue weighted by Crippen LogP contribution is 2.17. The molecule has 0 aliphatic carbocycles. The van der Waals surface area contributed by atoms with Crippen molar-refractivity contribution < 1.29 is 14.7 Å². The maximum Gasteiger partial charge on any atom is 0.323 e. The van der Waals surface area contributed by atoms with Gasteiger partial charge in [0.15, 0.2) is 0 Å². The molecule has 0 radical (unpaired) electrons. The summed E-state index contributed by atoms with van der Waals surface area (Å²) in [6, 6.07) is 1.76. The van der Waals surface area contributed by atoms with E-state index >= 15 is 0 Å². The predicted molar refractivity (Wildman–Crippen MR) is 66.2 cm³/mol. The lowest BCUT2D eigenvalue weighted by Crippen LogP contribution is -2.35. The van der Waals surface area contributed by atoms with Crippen molar-refractivity contribution in [2.75, 3.05) is 13.1 Å². The number of rotatable bonds is 4. The summed E-state index contributed by atoms with van der Waals surface area (Å²) in [5.41, 5.74) is 0.563. The molecule has 0 bridgehead atoms. The highest BCUT2D eigenvalue weighted by Gasteiger charge is 2.17. The van der Waals surface area contributed by atoms with Crippen molar-refractivity contribution in [3.8, 4) is 0 Å². The van der Waals surface area contributed by atoms with E-state index < -0.39 is 5.97 Å². The van der Waals surface area contributed by atoms with E-state index in [1.807, 2.05) is 0 Å². The molecule has 1 aromatic rings. The lowest BCUT2D eigenvalue weighted by Gasteiger charge is -2.17. The van der Waals surface area contributed by atoms with Gasteiger partial charge in [0.2, 0.25) is 0 Å². The Morgan fingerprint density at radius 1 is 1.60 bits per heavy atom. The molecule has 0 fully saturated rings. The third kappa shape index (κ3) is 3.45. The molecule has 0 saturated carbocycles. The summed E-state index contributed by atoms with van der Waals surface area (Å²) in [7, 11) is 0. The number of hydrogen-bond donors (Lipinski definition) is 1. The van der Waals surface area contributed by atoms with Crippen molar-refractivity contribution in [2.45, 2.75) is 6.92 Å². The Bertz CT molecular complexity index is 377. The van der Waals surface area contributed by atoms with Gasteiger partial charge in [-0.2, -0.15) is 0 Å². The van der Waals surface area contributed by atoms with E-state index in [0.29, 0.717) is 12.1 Å². The molecule has 1 N–H and O–H groups in total. The van der Waals surface area contributed by atoms with Gasteiger partial charge in [-0.25, -0.2) is 0 Å². The van der Waals surface area contributed by atoms with E-state index in [1.165, 1.54) is 16.2 Å². The molecule has 82 valence electrons. The molecular formula is C9H10INO3S. The van der Waals surface area contributed by atoms with Crippen LogP contribution in [0.2, 0.25) is 0 Å². The van der Waals surface area contributed by atoms with Crippen LogP contribution in [0.5, 0.6) is 0 Å². The largest absolute Gasteiger partial charge is 0.480 e. The van der Waals surface area contributed by atoms with Crippen LogP contribution in [0.25, 0.3) is 0 Å². The first-order valence-corrected chi connectivity index (χ1v) is 6.25. The first kappa shape index (κ1) is 12.4. The number of carboxylic acids is 1. The highest BCUT2D eigenvalue weighted by molar-refractivity contribution is 14.1. The number of nitrogens with zero attached hydrogens (tertiary/aromatic N) is 1. The summed E-state index contributed by atoms with van der Waals surface area (Å²) in [5.74, 6) is -1.21. The summed E-state index contributed by atoms with van der Waals surface area (Å²) in [4.78, 5) is 23.6. The fourth-order valence-electron chi connectivity index (χ4n) is 1.10. The van der Waals surface area contributed by atoms with E-state index in [-0.39, 0.29) is 12.5 Å². The van der Waals surface area contributed by atoms with Crippen LogP contribution in [0, 0.1) is 2.88 Å². The Hall–Kier alpha value is -0.630. The second-order valence-electron chi connectivity index (χ2n) is 2.85. The molecule has 0 atom stereocenters. The summed E-state index contributed by atoms with van der Waals surface area (Å²) in [5, 5.41) is 10.4. The molecule has 1 aromatic heterocycles. The molecule has 0 aliphatic heterocycles. The minimum absolute atomic E-state index is 0.223. The Morgan fingerprint density at radius 2 is 2.27 bits per heavy atom. The van der Waals surface area contributed by atoms with E-state index in [2.05, 4.69) is 22.6 Å². The maximum atomic E-state index is 11.8. The maximum absolute atomic E-state index is 11.8. The first-order valence-electron chi connectivity index (χ1n) is 4.29. The second kappa shape index (κ2) is 5.45. The molecular weight excluding hydrogens is 329 g/mol. The van der Waals surface area contributed by atoms with E-state index in [1.54, 1.807) is 18.4 Å². The van der Waals surface area contributed by atoms with Crippen molar-refractivity contribution in [3.63, 3.8) is 0 Å². The fourth-order valence-corrected chi connectivity index (χ4v) is 2.42. The number of carbonyl (C=O) groups excluding carboxylic acids is 1. The molecule has 0 aromatic carbocycles. The normalized spacial score (nSPS) is 10.0. The molecule has 6 heteroatoms. The Labute approximate surface area is 105 Å². The van der Waals surface area contributed by atoms with Crippen molar-refractivity contribution in [2.24, 2.45) is 0 Å². The van der Waals surface area contributed by atoms with E-state index in [0.717, 1.165) is 2.88 Å². The van der Waals surface area contributed by atoms with Gasteiger partial charge in [0, 0.05) is 11.9 Å². The average molecular weight is 339 g/mol. The molecule has 0 unspecified atom stereocenters. The summed E-state index contributed by atoms with van der Waals surface area (Å²) in [6.45, 7) is 1.91. The van der Waals surface area contributed by atoms with Crippen LogP contribution >= 0.6 is 33.9 Å². The number of hydrogen-bond acceptors (Lipinski definition) is 3. The molecule has 1 rings (SSSR count). The third-order valence-corrected chi connectivity index (χ3v) is 3.60. The van der Waals surface area contributed by atoms with Crippen LogP contribution in [-0.2, 0) is 4.79 Å². The zero-order valence-electron chi connectivity index (χ0n) is 8.07. The van der Waals surface area contributed by atoms with Gasteiger partial charge in [0.1, 0.15) is 6.54 Å². The van der Waals surface area contributed by atoms with Gasteiger partial charge < -0.3 is 10.0 Å². The number of likely N-dealkylation sites (N-methyl/N-ethyl adjacent to an activating group) is 1. The first-order chi connectivity index (χ1) is 7.04. The van der Waals surface area contributed by atoms with Crippen LogP contribution in [0.3, 0.4) is 0 Å². The molecule has 1 amide bonds. The van der Waals surface area contributed by atoms with Crippen molar-refractivity contribution in [3.05, 3.63) is 19.9 Å². The van der Waals surface area contributed by atoms with Gasteiger partial charge >= 0.3 is 5.97 Å². The minimum atomic E-state index is -0.991. The Kier molecular flexibility index (Phi) is 4.52. The van der Waals surface area contributed by atoms with Gasteiger partial charge in [0.05, 0.1) is 8.45 Å². The number of aliphatic carboxylic acids is 1. The number of carbonyl (C=O) groups is 2. The molecule has 0 saturated heterocycles. The fraction of sp³-hybridized carbons (Fsp3) is 0.333. The van der Waals surface area contributed by atoms with Crippen molar-refractivity contribution in [1.29, 1.82) is 0 Å². The average Bonchev–Trinajstić information content (AvgIpc) is 2.60. The van der Waals surface area contributed by atoms with Gasteiger partial charge in [-0.05, 0) is 35.6 Å². The zero-order chi connectivity index (χ0) is 11.4. The number of amides is 1. The molecule has 4 nitrogen and oxygen atoms in total. The summed E-state index contributed by atoms with van der Waals surface area (Å²) in [6.07, 6.45) is 0. The summed E-state index contributed by atoms with van der Waals surface area (Å²) >= 11 is 3.60. The quantitative estimate of drug-likeness (QED) is 0.853. The lowest BCUT2D eigenvalue weighted by molar-refractivity contribution is -0.137. The summed E-state index contributed by atoms with van der Waals surface area (Å²) < 4.78 is 1.02. The van der Waals surface area contributed by atoms with Gasteiger partial charge in [-0.3, -0.25) is 9.59 Å². The molecule has 0 spiro atoms. The highest BCUT2D eigenvalue weighted by atomic mass is 127. The lowest BCUT2D eigenvalue weighted by atomic mass is 10.3. The Balaban J connectivity index is 2.77. The number of thiophene rings is 1. The SMILES string of the molecule is CCN(CC(=O)O)C(=O)c1csc(I)c1. The number of halogens is 1. The van der Waals surface area contributed by atoms with E-state index in [4.69, 9.17) is 5.11 Å². The third-order valence-electron chi connectivity index (χ3n) is 1.81. The van der Waals surface area contributed by atoms with Crippen LogP contribution < -0.4 is 0 Å². The smallest absolute Gasteiger partial charge is 0.323 e. The zero-order valence-corrected chi connectivity index (χ0v) is 11.0. The minimum Gasteiger partial charge on any atom is -0.480 e. The molecule has 1 heterocycles. The van der Waals surface area contributed by atoms with E-state index in [9.17, 15) is 9.59 Å².